The number of para-hydroxylation sites is 1. The standard InChI is InChI=1S/C26H24N4O2S/c1-3-17-30-25(22-11-7-8-12-23(22)32-2)28-29-26(30)33-18-24(31)27-21-15-13-20(14-16-21)19-9-5-4-6-10-19/h3-16H,1,17-18H2,2H3,(H,27,31). The van der Waals surface area contributed by atoms with Crippen LogP contribution in [0.4, 0.5) is 5.69 Å². The van der Waals surface area contributed by atoms with Crippen molar-refractivity contribution < 1.29 is 9.53 Å². The molecule has 4 aromatic rings. The van der Waals surface area contributed by atoms with Gasteiger partial charge in [-0.1, -0.05) is 72.4 Å². The summed E-state index contributed by atoms with van der Waals surface area (Å²) in [7, 11) is 1.62. The molecule has 0 fully saturated rings. The molecule has 0 aliphatic rings. The topological polar surface area (TPSA) is 69.0 Å². The van der Waals surface area contributed by atoms with Crippen LogP contribution in [0.2, 0.25) is 0 Å². The van der Waals surface area contributed by atoms with Gasteiger partial charge in [0, 0.05) is 12.2 Å². The Balaban J connectivity index is 1.43. The van der Waals surface area contributed by atoms with Crippen LogP contribution in [0.25, 0.3) is 22.5 Å². The number of hydrogen-bond acceptors (Lipinski definition) is 5. The van der Waals surface area contributed by atoms with Crippen molar-refractivity contribution >= 4 is 23.4 Å². The molecule has 6 nitrogen and oxygen atoms in total. The van der Waals surface area contributed by atoms with Crippen molar-refractivity contribution in [1.29, 1.82) is 0 Å². The van der Waals surface area contributed by atoms with Crippen LogP contribution in [-0.4, -0.2) is 33.5 Å². The average molecular weight is 457 g/mol. The van der Waals surface area contributed by atoms with Crippen LogP contribution < -0.4 is 10.1 Å². The Morgan fingerprint density at radius 2 is 1.70 bits per heavy atom. The number of rotatable bonds is 9. The molecule has 0 saturated heterocycles. The maximum atomic E-state index is 12.6. The van der Waals surface area contributed by atoms with E-state index in [-0.39, 0.29) is 11.7 Å². The first-order valence-corrected chi connectivity index (χ1v) is 11.4. The van der Waals surface area contributed by atoms with Gasteiger partial charge in [-0.05, 0) is 35.4 Å². The summed E-state index contributed by atoms with van der Waals surface area (Å²) < 4.78 is 7.39. The van der Waals surface area contributed by atoms with Gasteiger partial charge in [0.25, 0.3) is 0 Å². The molecule has 0 bridgehead atoms. The number of methoxy groups -OCH3 is 1. The fraction of sp³-hybridized carbons (Fsp3) is 0.115. The quantitative estimate of drug-likeness (QED) is 0.265. The molecule has 0 aliphatic carbocycles. The zero-order valence-electron chi connectivity index (χ0n) is 18.3. The van der Waals surface area contributed by atoms with E-state index in [9.17, 15) is 4.79 Å². The summed E-state index contributed by atoms with van der Waals surface area (Å²) in [5.74, 6) is 1.48. The predicted octanol–water partition coefficient (Wildman–Crippen LogP) is 5.54. The van der Waals surface area contributed by atoms with Gasteiger partial charge in [0.15, 0.2) is 11.0 Å². The minimum absolute atomic E-state index is 0.112. The number of carbonyl (C=O) groups excluding carboxylic acids is 1. The summed E-state index contributed by atoms with van der Waals surface area (Å²) in [5.41, 5.74) is 3.83. The van der Waals surface area contributed by atoms with Crippen LogP contribution in [0.3, 0.4) is 0 Å². The maximum Gasteiger partial charge on any atom is 0.234 e. The molecule has 0 aliphatic heterocycles. The van der Waals surface area contributed by atoms with Crippen molar-refractivity contribution in [3.05, 3.63) is 91.5 Å². The average Bonchev–Trinajstić information content (AvgIpc) is 3.26. The van der Waals surface area contributed by atoms with Crippen LogP contribution in [0.5, 0.6) is 5.75 Å². The van der Waals surface area contributed by atoms with Gasteiger partial charge in [-0.3, -0.25) is 9.36 Å². The largest absolute Gasteiger partial charge is 0.496 e. The Kier molecular flexibility index (Phi) is 7.22. The van der Waals surface area contributed by atoms with Crippen molar-refractivity contribution in [2.24, 2.45) is 0 Å². The highest BCUT2D eigenvalue weighted by molar-refractivity contribution is 7.99. The van der Waals surface area contributed by atoms with Crippen molar-refractivity contribution in [3.8, 4) is 28.3 Å². The highest BCUT2D eigenvalue weighted by Gasteiger charge is 2.17. The Morgan fingerprint density at radius 1 is 1.00 bits per heavy atom. The van der Waals surface area contributed by atoms with E-state index in [1.54, 1.807) is 13.2 Å². The number of hydrogen-bond donors (Lipinski definition) is 1. The van der Waals surface area contributed by atoms with E-state index < -0.39 is 0 Å². The highest BCUT2D eigenvalue weighted by Crippen LogP contribution is 2.31. The van der Waals surface area contributed by atoms with Gasteiger partial charge in [-0.25, -0.2) is 0 Å². The molecule has 4 rings (SSSR count). The van der Waals surface area contributed by atoms with Crippen LogP contribution in [0, 0.1) is 0 Å². The van der Waals surface area contributed by atoms with Crippen LogP contribution in [0.1, 0.15) is 0 Å². The van der Waals surface area contributed by atoms with Gasteiger partial charge in [0.05, 0.1) is 18.4 Å². The number of thioether (sulfide) groups is 1. The van der Waals surface area contributed by atoms with E-state index in [0.29, 0.717) is 23.3 Å². The fourth-order valence-corrected chi connectivity index (χ4v) is 4.17. The third kappa shape index (κ3) is 5.32. The molecular weight excluding hydrogens is 432 g/mol. The van der Waals surface area contributed by atoms with Gasteiger partial charge >= 0.3 is 0 Å². The number of anilines is 1. The first-order chi connectivity index (χ1) is 16.2. The number of aromatic nitrogens is 3. The van der Waals surface area contributed by atoms with E-state index in [1.165, 1.54) is 11.8 Å². The normalized spacial score (nSPS) is 10.6. The molecule has 0 saturated carbocycles. The lowest BCUT2D eigenvalue weighted by atomic mass is 10.1. The minimum Gasteiger partial charge on any atom is -0.496 e. The second-order valence-corrected chi connectivity index (χ2v) is 8.13. The number of benzene rings is 3. The second-order valence-electron chi connectivity index (χ2n) is 7.19. The first-order valence-electron chi connectivity index (χ1n) is 10.4. The van der Waals surface area contributed by atoms with Crippen molar-refractivity contribution in [2.75, 3.05) is 18.2 Å². The summed E-state index contributed by atoms with van der Waals surface area (Å²) in [4.78, 5) is 12.6. The Morgan fingerprint density at radius 3 is 2.42 bits per heavy atom. The van der Waals surface area contributed by atoms with E-state index in [4.69, 9.17) is 4.74 Å². The van der Waals surface area contributed by atoms with Crippen LogP contribution in [0.15, 0.2) is 96.7 Å². The fourth-order valence-electron chi connectivity index (χ4n) is 3.42. The first kappa shape index (κ1) is 22.4. The van der Waals surface area contributed by atoms with Gasteiger partial charge in [-0.15, -0.1) is 16.8 Å². The number of amides is 1. The van der Waals surface area contributed by atoms with Gasteiger partial charge < -0.3 is 10.1 Å². The molecule has 7 heteroatoms. The lowest BCUT2D eigenvalue weighted by Gasteiger charge is -2.11. The molecule has 166 valence electrons. The molecule has 33 heavy (non-hydrogen) atoms. The zero-order chi connectivity index (χ0) is 23.0. The van der Waals surface area contributed by atoms with Crippen molar-refractivity contribution in [3.63, 3.8) is 0 Å². The lowest BCUT2D eigenvalue weighted by Crippen LogP contribution is -2.14. The van der Waals surface area contributed by atoms with Gasteiger partial charge in [0.2, 0.25) is 5.91 Å². The van der Waals surface area contributed by atoms with Crippen LogP contribution >= 0.6 is 11.8 Å². The summed E-state index contributed by atoms with van der Waals surface area (Å²) in [6.07, 6.45) is 1.78. The molecule has 1 N–H and O–H groups in total. The smallest absolute Gasteiger partial charge is 0.234 e. The molecule has 0 unspecified atom stereocenters. The Bertz CT molecular complexity index is 1240. The third-order valence-electron chi connectivity index (χ3n) is 4.98. The zero-order valence-corrected chi connectivity index (χ0v) is 19.1. The number of carbonyl (C=O) groups is 1. The Hall–Kier alpha value is -3.84. The number of ether oxygens (including phenoxy) is 1. The maximum absolute atomic E-state index is 12.6. The number of nitrogens with one attached hydrogen (secondary N) is 1. The molecule has 1 heterocycles. The number of nitrogens with zero attached hydrogens (tertiary/aromatic N) is 3. The third-order valence-corrected chi connectivity index (χ3v) is 5.95. The summed E-state index contributed by atoms with van der Waals surface area (Å²) in [6.45, 7) is 4.36. The van der Waals surface area contributed by atoms with E-state index >= 15 is 0 Å². The molecule has 1 aromatic heterocycles. The van der Waals surface area contributed by atoms with Crippen molar-refractivity contribution in [1.82, 2.24) is 14.8 Å². The number of allylic oxidation sites excluding steroid dienone is 1. The van der Waals surface area contributed by atoms with Crippen molar-refractivity contribution in [2.45, 2.75) is 11.7 Å². The summed E-state index contributed by atoms with van der Waals surface area (Å²) in [6, 6.07) is 25.6. The summed E-state index contributed by atoms with van der Waals surface area (Å²) in [5, 5.41) is 12.2. The molecule has 0 spiro atoms. The Labute approximate surface area is 197 Å². The summed E-state index contributed by atoms with van der Waals surface area (Å²) >= 11 is 1.33. The monoisotopic (exact) mass is 456 g/mol. The van der Waals surface area contributed by atoms with E-state index in [1.807, 2.05) is 71.3 Å². The molecule has 0 radical (unpaired) electrons. The van der Waals surface area contributed by atoms with Gasteiger partial charge in [0.1, 0.15) is 5.75 Å². The van der Waals surface area contributed by atoms with E-state index in [0.717, 1.165) is 22.4 Å². The minimum atomic E-state index is -0.112. The highest BCUT2D eigenvalue weighted by atomic mass is 32.2. The second kappa shape index (κ2) is 10.7. The SMILES string of the molecule is C=CCn1c(SCC(=O)Nc2ccc(-c3ccccc3)cc2)nnc1-c1ccccc1OC. The lowest BCUT2D eigenvalue weighted by molar-refractivity contribution is -0.113. The van der Waals surface area contributed by atoms with Crippen LogP contribution in [-0.2, 0) is 11.3 Å². The molecular formula is C26H24N4O2S. The van der Waals surface area contributed by atoms with E-state index in [2.05, 4.69) is 34.2 Å². The predicted molar refractivity (Wildman–Crippen MR) is 133 cm³/mol. The van der Waals surface area contributed by atoms with Gasteiger partial charge in [-0.2, -0.15) is 0 Å². The molecule has 1 amide bonds. The molecule has 0 atom stereocenters. The molecule has 3 aromatic carbocycles.